The van der Waals surface area contributed by atoms with Crippen molar-refractivity contribution in [1.29, 1.82) is 0 Å². The first-order valence-electron chi connectivity index (χ1n) is 12.5. The second kappa shape index (κ2) is 10.3. The fourth-order valence-electron chi connectivity index (χ4n) is 5.43. The van der Waals surface area contributed by atoms with E-state index >= 15 is 0 Å². The van der Waals surface area contributed by atoms with E-state index in [1.165, 1.54) is 12.1 Å². The molecule has 7 nitrogen and oxygen atoms in total. The third-order valence-corrected chi connectivity index (χ3v) is 9.14. The molecule has 0 radical (unpaired) electrons. The molecule has 1 unspecified atom stereocenters. The van der Waals surface area contributed by atoms with E-state index in [0.717, 1.165) is 41.8 Å². The Bertz CT molecular complexity index is 1440. The lowest BCUT2D eigenvalue weighted by atomic mass is 9.67. The van der Waals surface area contributed by atoms with Crippen molar-refractivity contribution in [3.63, 3.8) is 0 Å². The highest BCUT2D eigenvalue weighted by atomic mass is 127. The van der Waals surface area contributed by atoms with Crippen LogP contribution in [0.3, 0.4) is 0 Å². The number of hydrogen-bond acceptors (Lipinski definition) is 7. The van der Waals surface area contributed by atoms with Gasteiger partial charge in [-0.3, -0.25) is 14.6 Å². The zero-order valence-electron chi connectivity index (χ0n) is 20.8. The summed E-state index contributed by atoms with van der Waals surface area (Å²) in [6, 6.07) is 9.98. The maximum Gasteiger partial charge on any atom is 0.339 e. The minimum Gasteiger partial charge on any atom is -0.490 e. The van der Waals surface area contributed by atoms with Crippen LogP contribution < -0.4 is 8.92 Å². The van der Waals surface area contributed by atoms with Crippen molar-refractivity contribution in [1.82, 2.24) is 0 Å². The molecule has 5 rings (SSSR count). The highest BCUT2D eigenvalue weighted by Gasteiger charge is 2.45. The van der Waals surface area contributed by atoms with Crippen molar-refractivity contribution >= 4 is 50.0 Å². The van der Waals surface area contributed by atoms with Gasteiger partial charge in [0, 0.05) is 35.7 Å². The smallest absolute Gasteiger partial charge is 0.339 e. The number of aliphatic imine (C=N–C) groups is 1. The van der Waals surface area contributed by atoms with E-state index in [0.29, 0.717) is 28.4 Å². The highest BCUT2D eigenvalue weighted by Crippen LogP contribution is 2.48. The van der Waals surface area contributed by atoms with Crippen LogP contribution in [0.4, 0.5) is 0 Å². The molecule has 37 heavy (non-hydrogen) atoms. The number of aryl methyl sites for hydroxylation is 1. The molecule has 1 fully saturated rings. The van der Waals surface area contributed by atoms with Crippen LogP contribution in [0.5, 0.6) is 11.5 Å². The van der Waals surface area contributed by atoms with Gasteiger partial charge in [-0.1, -0.05) is 17.7 Å². The van der Waals surface area contributed by atoms with Gasteiger partial charge >= 0.3 is 10.1 Å². The van der Waals surface area contributed by atoms with E-state index in [1.807, 2.05) is 35.6 Å². The summed E-state index contributed by atoms with van der Waals surface area (Å²) in [4.78, 5) is 31.2. The Morgan fingerprint density at radius 2 is 1.73 bits per heavy atom. The normalized spacial score (nSPS) is 21.8. The minimum atomic E-state index is -4.11. The molecule has 2 aromatic rings. The van der Waals surface area contributed by atoms with Crippen LogP contribution in [0.15, 0.2) is 57.6 Å². The molecule has 2 aromatic carbocycles. The summed E-state index contributed by atoms with van der Waals surface area (Å²) in [5.41, 5.74) is 3.94. The topological polar surface area (TPSA) is 99.1 Å². The third-order valence-electron chi connectivity index (χ3n) is 7.11. The SMILES string of the molecule is CCOc1cc([C@@H]2C3=C(CCCC3=O)N=C3CCCC(=O)C32)cc(I)c1OS(=O)(=O)c1ccc(C)cc1. The van der Waals surface area contributed by atoms with Crippen molar-refractivity contribution < 1.29 is 26.9 Å². The molecular weight excluding hydrogens is 605 g/mol. The number of ether oxygens (including phenoxy) is 1. The van der Waals surface area contributed by atoms with Gasteiger partial charge in [-0.2, -0.15) is 8.42 Å². The Kier molecular flexibility index (Phi) is 7.28. The maximum atomic E-state index is 13.2. The zero-order chi connectivity index (χ0) is 26.3. The van der Waals surface area contributed by atoms with Crippen molar-refractivity contribution in [2.24, 2.45) is 10.9 Å². The van der Waals surface area contributed by atoms with Gasteiger partial charge in [-0.25, -0.2) is 0 Å². The molecule has 0 amide bonds. The first-order valence-corrected chi connectivity index (χ1v) is 15.0. The summed E-state index contributed by atoms with van der Waals surface area (Å²) >= 11 is 2.03. The number of carbonyl (C=O) groups is 2. The number of benzene rings is 2. The van der Waals surface area contributed by atoms with E-state index in [9.17, 15) is 18.0 Å². The summed E-state index contributed by atoms with van der Waals surface area (Å²) in [6.45, 7) is 3.97. The fraction of sp³-hybridized carbons (Fsp3) is 0.393. The average molecular weight is 634 g/mol. The third kappa shape index (κ3) is 4.99. The number of nitrogens with zero attached hydrogens (tertiary/aromatic N) is 1. The number of hydrogen-bond donors (Lipinski definition) is 0. The maximum absolute atomic E-state index is 13.2. The Hall–Kier alpha value is -2.53. The predicted molar refractivity (Wildman–Crippen MR) is 148 cm³/mol. The molecule has 1 aliphatic heterocycles. The average Bonchev–Trinajstić information content (AvgIpc) is 2.85. The molecule has 2 atom stereocenters. The van der Waals surface area contributed by atoms with Crippen LogP contribution in [0.1, 0.15) is 62.5 Å². The van der Waals surface area contributed by atoms with Gasteiger partial charge in [0.15, 0.2) is 17.3 Å². The van der Waals surface area contributed by atoms with Crippen LogP contribution >= 0.6 is 22.6 Å². The number of ketones is 2. The predicted octanol–water partition coefficient (Wildman–Crippen LogP) is 5.68. The van der Waals surface area contributed by atoms with Crippen LogP contribution in [0.2, 0.25) is 0 Å². The van der Waals surface area contributed by atoms with E-state index in [4.69, 9.17) is 13.9 Å². The molecule has 2 aliphatic carbocycles. The first-order chi connectivity index (χ1) is 17.7. The van der Waals surface area contributed by atoms with Crippen LogP contribution in [0.25, 0.3) is 0 Å². The van der Waals surface area contributed by atoms with Crippen LogP contribution in [-0.2, 0) is 19.7 Å². The summed E-state index contributed by atoms with van der Waals surface area (Å²) in [7, 11) is -4.11. The fourth-order valence-corrected chi connectivity index (χ4v) is 7.28. The highest BCUT2D eigenvalue weighted by molar-refractivity contribution is 14.1. The molecule has 0 aromatic heterocycles. The molecule has 0 saturated heterocycles. The molecule has 0 spiro atoms. The number of halogens is 1. The van der Waals surface area contributed by atoms with Crippen molar-refractivity contribution in [3.8, 4) is 11.5 Å². The van der Waals surface area contributed by atoms with Crippen molar-refractivity contribution in [3.05, 3.63) is 62.4 Å². The summed E-state index contributed by atoms with van der Waals surface area (Å²) in [6.07, 6.45) is 3.87. The summed E-state index contributed by atoms with van der Waals surface area (Å²) < 4.78 is 38.1. The lowest BCUT2D eigenvalue weighted by Gasteiger charge is -2.38. The Morgan fingerprint density at radius 3 is 2.46 bits per heavy atom. The van der Waals surface area contributed by atoms with Crippen LogP contribution in [-0.4, -0.2) is 32.3 Å². The van der Waals surface area contributed by atoms with Gasteiger partial charge in [0.2, 0.25) is 0 Å². The minimum absolute atomic E-state index is 0.0302. The number of fused-ring (bicyclic) bond motifs is 1. The summed E-state index contributed by atoms with van der Waals surface area (Å²) in [5.74, 6) is -0.465. The molecule has 1 heterocycles. The number of carbonyl (C=O) groups excluding carboxylic acids is 2. The van der Waals surface area contributed by atoms with E-state index in [1.54, 1.807) is 25.1 Å². The standard InChI is InChI=1S/C28H28INO6S/c1-3-35-24-15-17(14-19(29)28(24)36-37(33,34)18-12-10-16(2)11-13-18)25-26-20(6-4-8-22(26)31)30-21-7-5-9-23(32)27(21)25/h10-15,25-26H,3-9H2,1-2H3/t25-,26?/m0/s1. The van der Waals surface area contributed by atoms with E-state index < -0.39 is 22.0 Å². The number of rotatable bonds is 6. The molecular formula is C28H28INO6S. The monoisotopic (exact) mass is 633 g/mol. The molecule has 194 valence electrons. The number of allylic oxidation sites excluding steroid dienone is 2. The lowest BCUT2D eigenvalue weighted by Crippen LogP contribution is -2.39. The molecule has 0 N–H and O–H groups in total. The Balaban J connectivity index is 1.61. The molecule has 3 aliphatic rings. The quantitative estimate of drug-likeness (QED) is 0.300. The largest absolute Gasteiger partial charge is 0.490 e. The van der Waals surface area contributed by atoms with Crippen molar-refractivity contribution in [2.75, 3.05) is 6.61 Å². The number of Topliss-reactive ketones (excluding diaryl/α,β-unsaturated/α-hetero) is 2. The molecule has 1 saturated carbocycles. The van der Waals surface area contributed by atoms with Crippen LogP contribution in [0, 0.1) is 16.4 Å². The second-order valence-electron chi connectivity index (χ2n) is 9.63. The first kappa shape index (κ1) is 26.1. The Morgan fingerprint density at radius 1 is 1.00 bits per heavy atom. The second-order valence-corrected chi connectivity index (χ2v) is 12.3. The van der Waals surface area contributed by atoms with Gasteiger partial charge < -0.3 is 8.92 Å². The Labute approximate surface area is 230 Å². The van der Waals surface area contributed by atoms with Gasteiger partial charge in [0.1, 0.15) is 10.7 Å². The molecule has 9 heteroatoms. The van der Waals surface area contributed by atoms with Gasteiger partial charge in [-0.15, -0.1) is 0 Å². The van der Waals surface area contributed by atoms with E-state index in [-0.39, 0.29) is 34.6 Å². The lowest BCUT2D eigenvalue weighted by molar-refractivity contribution is -0.122. The summed E-state index contributed by atoms with van der Waals surface area (Å²) in [5, 5.41) is 0. The zero-order valence-corrected chi connectivity index (χ0v) is 23.7. The van der Waals surface area contributed by atoms with Crippen molar-refractivity contribution in [2.45, 2.75) is 63.2 Å². The molecule has 0 bridgehead atoms. The van der Waals surface area contributed by atoms with Gasteiger partial charge in [-0.05, 0) is 92.0 Å². The van der Waals surface area contributed by atoms with Gasteiger partial charge in [0.25, 0.3) is 0 Å². The van der Waals surface area contributed by atoms with Gasteiger partial charge in [0.05, 0.1) is 16.1 Å². The van der Waals surface area contributed by atoms with E-state index in [2.05, 4.69) is 0 Å².